The molecule has 6 nitrogen and oxygen atoms in total. The van der Waals surface area contributed by atoms with E-state index in [4.69, 9.17) is 0 Å². The molecule has 1 aromatic rings. The van der Waals surface area contributed by atoms with Crippen molar-refractivity contribution in [2.45, 2.75) is 51.0 Å². The van der Waals surface area contributed by atoms with Crippen LogP contribution < -0.4 is 16.2 Å². The number of nitrogens with one attached hydrogen (secondary N) is 3. The van der Waals surface area contributed by atoms with Gasteiger partial charge in [-0.2, -0.15) is 0 Å². The quantitative estimate of drug-likeness (QED) is 0.640. The largest absolute Gasteiger partial charge is 0.351 e. The summed E-state index contributed by atoms with van der Waals surface area (Å²) in [5, 5.41) is 3.15. The number of hydrazine groups is 1. The molecule has 144 valence electrons. The van der Waals surface area contributed by atoms with Crippen molar-refractivity contribution in [2.24, 2.45) is 17.3 Å². The summed E-state index contributed by atoms with van der Waals surface area (Å²) >= 11 is 3.34. The zero-order chi connectivity index (χ0) is 19.2. The number of amides is 3. The second kappa shape index (κ2) is 6.62. The van der Waals surface area contributed by atoms with Gasteiger partial charge in [-0.15, -0.1) is 0 Å². The predicted octanol–water partition coefficient (Wildman–Crippen LogP) is 2.69. The van der Waals surface area contributed by atoms with E-state index in [1.54, 1.807) is 31.2 Å². The Balaban J connectivity index is 1.46. The fourth-order valence-corrected chi connectivity index (χ4v) is 6.23. The molecule has 0 aromatic heterocycles. The van der Waals surface area contributed by atoms with Crippen molar-refractivity contribution in [2.75, 3.05) is 0 Å². The van der Waals surface area contributed by atoms with Gasteiger partial charge in [-0.05, 0) is 74.6 Å². The van der Waals surface area contributed by atoms with Crippen molar-refractivity contribution in [1.29, 1.82) is 0 Å². The van der Waals surface area contributed by atoms with Gasteiger partial charge in [0.1, 0.15) is 0 Å². The van der Waals surface area contributed by atoms with Crippen molar-refractivity contribution in [3.63, 3.8) is 0 Å². The Bertz CT molecular complexity index is 778. The number of carbonyl (C=O) groups excluding carboxylic acids is 3. The molecule has 0 aliphatic heterocycles. The zero-order valence-corrected chi connectivity index (χ0v) is 16.9. The lowest BCUT2D eigenvalue weighted by Crippen LogP contribution is -2.66. The average Bonchev–Trinajstić information content (AvgIpc) is 2.57. The third kappa shape index (κ3) is 3.49. The molecular weight excluding hydrogens is 410 g/mol. The van der Waals surface area contributed by atoms with E-state index < -0.39 is 5.41 Å². The van der Waals surface area contributed by atoms with Gasteiger partial charge in [-0.25, -0.2) is 0 Å². The molecule has 0 heterocycles. The minimum atomic E-state index is -0.500. The first-order chi connectivity index (χ1) is 12.8. The summed E-state index contributed by atoms with van der Waals surface area (Å²) in [4.78, 5) is 37.1. The molecule has 3 amide bonds. The van der Waals surface area contributed by atoms with E-state index in [0.29, 0.717) is 23.8 Å². The minimum absolute atomic E-state index is 0.0314. The molecule has 4 fully saturated rings. The van der Waals surface area contributed by atoms with E-state index >= 15 is 0 Å². The van der Waals surface area contributed by atoms with Gasteiger partial charge in [0.05, 0.1) is 5.41 Å². The van der Waals surface area contributed by atoms with Crippen molar-refractivity contribution in [3.05, 3.63) is 34.3 Å². The van der Waals surface area contributed by atoms with Crippen LogP contribution in [0.25, 0.3) is 0 Å². The summed E-state index contributed by atoms with van der Waals surface area (Å²) in [7, 11) is 0. The maximum absolute atomic E-state index is 13.1. The molecule has 3 N–H and O–H groups in total. The highest BCUT2D eigenvalue weighted by Crippen LogP contribution is 2.61. The Morgan fingerprint density at radius 3 is 2.22 bits per heavy atom. The first kappa shape index (κ1) is 18.5. The highest BCUT2D eigenvalue weighted by atomic mass is 79.9. The van der Waals surface area contributed by atoms with Crippen LogP contribution in [-0.2, 0) is 9.59 Å². The Morgan fingerprint density at radius 2 is 1.63 bits per heavy atom. The van der Waals surface area contributed by atoms with Gasteiger partial charge >= 0.3 is 0 Å². The van der Waals surface area contributed by atoms with Gasteiger partial charge in [0, 0.05) is 22.5 Å². The summed E-state index contributed by atoms with van der Waals surface area (Å²) in [6.07, 6.45) is 5.40. The molecule has 0 spiro atoms. The van der Waals surface area contributed by atoms with Crippen LogP contribution in [0.5, 0.6) is 0 Å². The number of benzene rings is 1. The summed E-state index contributed by atoms with van der Waals surface area (Å²) in [5.41, 5.74) is 4.94. The van der Waals surface area contributed by atoms with Gasteiger partial charge in [0.25, 0.3) is 5.91 Å². The summed E-state index contributed by atoms with van der Waals surface area (Å²) in [6.45, 7) is 1.55. The van der Waals surface area contributed by atoms with E-state index in [1.807, 2.05) is 0 Å². The molecule has 1 aromatic carbocycles. The molecule has 7 heteroatoms. The van der Waals surface area contributed by atoms with E-state index in [2.05, 4.69) is 32.1 Å². The fraction of sp³-hybridized carbons (Fsp3) is 0.550. The second-order valence-electron chi connectivity index (χ2n) is 8.62. The molecule has 5 rings (SSSR count). The number of hydrogen-bond acceptors (Lipinski definition) is 3. The summed E-state index contributed by atoms with van der Waals surface area (Å²) in [6, 6.07) is 6.96. The third-order valence-electron chi connectivity index (χ3n) is 6.38. The summed E-state index contributed by atoms with van der Waals surface area (Å²) in [5.74, 6) is 0.432. The minimum Gasteiger partial charge on any atom is -0.351 e. The Kier molecular flexibility index (Phi) is 4.53. The van der Waals surface area contributed by atoms with Crippen molar-refractivity contribution >= 4 is 33.7 Å². The van der Waals surface area contributed by atoms with Gasteiger partial charge in [-0.3, -0.25) is 25.2 Å². The lowest BCUT2D eigenvalue weighted by atomic mass is 9.46. The third-order valence-corrected chi connectivity index (χ3v) is 6.91. The van der Waals surface area contributed by atoms with E-state index in [0.717, 1.165) is 36.6 Å². The van der Waals surface area contributed by atoms with E-state index in [1.165, 1.54) is 0 Å². The monoisotopic (exact) mass is 433 g/mol. The molecule has 0 radical (unpaired) electrons. The standard InChI is InChI=1S/C20H24BrN3O3/c1-12(25)22-20-9-13-6-14(10-20)8-19(7-13,11-20)18(27)24-23-17(26)15-2-4-16(21)5-3-15/h2-5,13-14H,6-11H2,1H3,(H,22,25)(H,23,26)(H,24,27). The smallest absolute Gasteiger partial charge is 0.269 e. The normalized spacial score (nSPS) is 33.4. The lowest BCUT2D eigenvalue weighted by Gasteiger charge is -2.61. The highest BCUT2D eigenvalue weighted by Gasteiger charge is 2.60. The predicted molar refractivity (Wildman–Crippen MR) is 103 cm³/mol. The van der Waals surface area contributed by atoms with Gasteiger partial charge in [0.2, 0.25) is 11.8 Å². The molecule has 4 aliphatic rings. The first-order valence-electron chi connectivity index (χ1n) is 9.44. The van der Waals surface area contributed by atoms with Crippen molar-refractivity contribution < 1.29 is 14.4 Å². The van der Waals surface area contributed by atoms with Crippen LogP contribution in [-0.4, -0.2) is 23.3 Å². The Labute approximate surface area is 166 Å². The average molecular weight is 434 g/mol. The molecule has 0 saturated heterocycles. The number of rotatable bonds is 3. The van der Waals surface area contributed by atoms with Crippen LogP contribution in [0, 0.1) is 17.3 Å². The number of halogens is 1. The van der Waals surface area contributed by atoms with Crippen LogP contribution in [0.15, 0.2) is 28.7 Å². The molecule has 4 bridgehead atoms. The van der Waals surface area contributed by atoms with Crippen LogP contribution in [0.2, 0.25) is 0 Å². The zero-order valence-electron chi connectivity index (χ0n) is 15.3. The SMILES string of the molecule is CC(=O)NC12CC3CC(C1)CC(C(=O)NNC(=O)c1ccc(Br)cc1)(C3)C2. The van der Waals surface area contributed by atoms with Gasteiger partial charge in [-0.1, -0.05) is 15.9 Å². The molecule has 27 heavy (non-hydrogen) atoms. The van der Waals surface area contributed by atoms with Crippen molar-refractivity contribution in [3.8, 4) is 0 Å². The fourth-order valence-electron chi connectivity index (χ4n) is 5.97. The van der Waals surface area contributed by atoms with Crippen LogP contribution in [0.1, 0.15) is 55.8 Å². The second-order valence-corrected chi connectivity index (χ2v) is 9.53. The lowest BCUT2D eigenvalue weighted by molar-refractivity contribution is -0.153. The molecule has 2 atom stereocenters. The molecule has 2 unspecified atom stereocenters. The number of carbonyl (C=O) groups is 3. The molecular formula is C20H24BrN3O3. The highest BCUT2D eigenvalue weighted by molar-refractivity contribution is 9.10. The number of hydrogen-bond donors (Lipinski definition) is 3. The van der Waals surface area contributed by atoms with Crippen molar-refractivity contribution in [1.82, 2.24) is 16.2 Å². The topological polar surface area (TPSA) is 87.3 Å². The van der Waals surface area contributed by atoms with E-state index in [-0.39, 0.29) is 23.3 Å². The van der Waals surface area contributed by atoms with E-state index in [9.17, 15) is 14.4 Å². The first-order valence-corrected chi connectivity index (χ1v) is 10.2. The van der Waals surface area contributed by atoms with Gasteiger partial charge < -0.3 is 5.32 Å². The van der Waals surface area contributed by atoms with Crippen LogP contribution in [0.3, 0.4) is 0 Å². The summed E-state index contributed by atoms with van der Waals surface area (Å²) < 4.78 is 0.889. The maximum atomic E-state index is 13.1. The van der Waals surface area contributed by atoms with Gasteiger partial charge in [0.15, 0.2) is 0 Å². The Morgan fingerprint density at radius 1 is 1.00 bits per heavy atom. The van der Waals surface area contributed by atoms with Crippen LogP contribution >= 0.6 is 15.9 Å². The molecule has 4 saturated carbocycles. The molecule has 4 aliphatic carbocycles. The Hall–Kier alpha value is -1.89. The maximum Gasteiger partial charge on any atom is 0.269 e. The van der Waals surface area contributed by atoms with Crippen LogP contribution in [0.4, 0.5) is 0 Å².